The van der Waals surface area contributed by atoms with Gasteiger partial charge in [0.15, 0.2) is 18.9 Å². The lowest BCUT2D eigenvalue weighted by Gasteiger charge is -2.49. The summed E-state index contributed by atoms with van der Waals surface area (Å²) in [7, 11) is 0. The molecule has 3 aliphatic heterocycles. The zero-order valence-electron chi connectivity index (χ0n) is 23.6. The molecule has 0 unspecified atom stereocenters. The van der Waals surface area contributed by atoms with Crippen LogP contribution >= 0.6 is 0 Å². The molecule has 3 heterocycles. The van der Waals surface area contributed by atoms with Crippen molar-refractivity contribution >= 4 is 17.7 Å². The van der Waals surface area contributed by atoms with Crippen LogP contribution in [0.25, 0.3) is 0 Å². The molecule has 0 aromatic rings. The van der Waals surface area contributed by atoms with Crippen LogP contribution in [0.1, 0.15) is 20.8 Å². The number of carbonyl (C=O) groups excluding carboxylic acids is 3. The fraction of sp³-hybridized carbons (Fsp3) is 0.875. The minimum Gasteiger partial charge on any atom is -0.394 e. The van der Waals surface area contributed by atoms with Crippen molar-refractivity contribution in [2.45, 2.75) is 113 Å². The van der Waals surface area contributed by atoms with Crippen molar-refractivity contribution in [1.29, 1.82) is 0 Å². The second kappa shape index (κ2) is 15.3. The molecule has 0 spiro atoms. The number of aliphatic hydroxyl groups is 8. The highest BCUT2D eigenvalue weighted by atomic mass is 16.7. The van der Waals surface area contributed by atoms with Gasteiger partial charge in [-0.2, -0.15) is 0 Å². The van der Waals surface area contributed by atoms with E-state index in [-0.39, 0.29) is 0 Å². The van der Waals surface area contributed by atoms with Gasteiger partial charge in [-0.25, -0.2) is 0 Å². The van der Waals surface area contributed by atoms with E-state index in [0.717, 1.165) is 20.8 Å². The lowest BCUT2D eigenvalue weighted by Crippen LogP contribution is -2.71. The van der Waals surface area contributed by atoms with E-state index in [0.29, 0.717) is 0 Å². The van der Waals surface area contributed by atoms with Gasteiger partial charge in [-0.15, -0.1) is 0 Å². The molecule has 19 heteroatoms. The Bertz CT molecular complexity index is 962. The highest BCUT2D eigenvalue weighted by molar-refractivity contribution is 5.74. The van der Waals surface area contributed by atoms with Crippen LogP contribution in [0.5, 0.6) is 0 Å². The van der Waals surface area contributed by atoms with Gasteiger partial charge in [-0.3, -0.25) is 14.4 Å². The predicted molar refractivity (Wildman–Crippen MR) is 136 cm³/mol. The van der Waals surface area contributed by atoms with Crippen molar-refractivity contribution < 1.29 is 78.9 Å². The van der Waals surface area contributed by atoms with Crippen LogP contribution in [0.15, 0.2) is 0 Å². The number of hydrogen-bond donors (Lipinski definition) is 11. The second-order valence-electron chi connectivity index (χ2n) is 10.5. The number of hydrogen-bond acceptors (Lipinski definition) is 16. The monoisotopic (exact) mass is 627 g/mol. The molecule has 19 nitrogen and oxygen atoms in total. The maximum absolute atomic E-state index is 12.1. The molecule has 0 aliphatic carbocycles. The number of carbonyl (C=O) groups is 3. The van der Waals surface area contributed by atoms with E-state index >= 15 is 0 Å². The first-order valence-corrected chi connectivity index (χ1v) is 13.5. The van der Waals surface area contributed by atoms with Crippen LogP contribution in [0, 0.1) is 0 Å². The number of rotatable bonds is 10. The van der Waals surface area contributed by atoms with Crippen molar-refractivity contribution in [2.75, 3.05) is 19.8 Å². The van der Waals surface area contributed by atoms with Crippen molar-refractivity contribution in [1.82, 2.24) is 16.0 Å². The largest absolute Gasteiger partial charge is 0.394 e. The summed E-state index contributed by atoms with van der Waals surface area (Å²) in [6.45, 7) is 0.995. The molecule has 11 N–H and O–H groups in total. The minimum absolute atomic E-state index is 0.628. The average Bonchev–Trinajstić information content (AvgIpc) is 2.94. The van der Waals surface area contributed by atoms with Crippen LogP contribution in [-0.2, 0) is 38.1 Å². The first-order valence-electron chi connectivity index (χ1n) is 13.5. The van der Waals surface area contributed by atoms with Gasteiger partial charge in [0.2, 0.25) is 17.7 Å². The third-order valence-corrected chi connectivity index (χ3v) is 7.30. The Morgan fingerprint density at radius 2 is 0.930 bits per heavy atom. The molecule has 0 aromatic heterocycles. The lowest BCUT2D eigenvalue weighted by atomic mass is 9.93. The van der Waals surface area contributed by atoms with Gasteiger partial charge >= 0.3 is 0 Å². The fourth-order valence-electron chi connectivity index (χ4n) is 5.28. The van der Waals surface area contributed by atoms with E-state index in [1.165, 1.54) is 0 Å². The van der Waals surface area contributed by atoms with E-state index in [4.69, 9.17) is 23.7 Å². The molecule has 3 saturated heterocycles. The van der Waals surface area contributed by atoms with Crippen molar-refractivity contribution in [3.05, 3.63) is 0 Å². The molecule has 3 amide bonds. The van der Waals surface area contributed by atoms with Crippen LogP contribution in [0.4, 0.5) is 0 Å². The van der Waals surface area contributed by atoms with E-state index in [2.05, 4.69) is 16.0 Å². The fourth-order valence-corrected chi connectivity index (χ4v) is 5.28. The molecule has 0 bridgehead atoms. The first kappa shape index (κ1) is 35.4. The van der Waals surface area contributed by atoms with Crippen molar-refractivity contribution in [3.8, 4) is 0 Å². The topological polar surface area (TPSA) is 295 Å². The molecule has 43 heavy (non-hydrogen) atoms. The van der Waals surface area contributed by atoms with E-state index in [1.807, 2.05) is 0 Å². The van der Waals surface area contributed by atoms with Crippen molar-refractivity contribution in [3.63, 3.8) is 0 Å². The Morgan fingerprint density at radius 1 is 0.558 bits per heavy atom. The lowest BCUT2D eigenvalue weighted by molar-refractivity contribution is -0.351. The van der Waals surface area contributed by atoms with Crippen LogP contribution in [0.2, 0.25) is 0 Å². The number of nitrogens with one attached hydrogen (secondary N) is 3. The molecule has 0 aromatic carbocycles. The Hall–Kier alpha value is -2.11. The third kappa shape index (κ3) is 8.14. The SMILES string of the molecule is CC(=O)N[C@@H]1[C@H](O[C@H]2[C@@H](O)[C@@H](NC(C)=O)[C@@H](O[C@H]3[C@@H](O)[C@@H](NC(C)=O)[C@@H](O)O[C@H]3CO)O[C@H]2CO)O[C@H](CO)[C@@H](O)[C@H]1O. The maximum atomic E-state index is 12.1. The summed E-state index contributed by atoms with van der Waals surface area (Å²) in [5.74, 6) is -1.96. The summed E-state index contributed by atoms with van der Waals surface area (Å²) in [4.78, 5) is 35.5. The molecule has 248 valence electrons. The van der Waals surface area contributed by atoms with Crippen molar-refractivity contribution in [2.24, 2.45) is 0 Å². The van der Waals surface area contributed by atoms with Crippen LogP contribution in [0.3, 0.4) is 0 Å². The van der Waals surface area contributed by atoms with E-state index in [9.17, 15) is 55.2 Å². The van der Waals surface area contributed by atoms with Crippen LogP contribution < -0.4 is 16.0 Å². The standard InChI is InChI=1S/C24H41N3O16/c1-7(31)25-13-18(36)20(11(5-29)39-22(13)38)42-24-15(27-9(3)33)19(37)21(12(6-30)41-24)43-23-14(26-8(2)32)17(35)16(34)10(4-28)40-23/h10-24,28-30,34-38H,4-6H2,1-3H3,(H,25,31)(H,26,32)(H,27,33)/t10-,11+,12+,13-,14+,15-,16-,17+,18+,19+,20-,21-,22+,23+,24-/m1/s1. The zero-order valence-corrected chi connectivity index (χ0v) is 23.6. The number of aliphatic hydroxyl groups excluding tert-OH is 8. The molecule has 15 atom stereocenters. The third-order valence-electron chi connectivity index (χ3n) is 7.30. The van der Waals surface area contributed by atoms with Gasteiger partial charge in [0, 0.05) is 20.8 Å². The summed E-state index contributed by atoms with van der Waals surface area (Å²) >= 11 is 0. The summed E-state index contributed by atoms with van der Waals surface area (Å²) in [6, 6.07) is -4.31. The summed E-state index contributed by atoms with van der Waals surface area (Å²) < 4.78 is 28.3. The summed E-state index contributed by atoms with van der Waals surface area (Å²) in [5.41, 5.74) is 0. The van der Waals surface area contributed by atoms with Gasteiger partial charge in [0.25, 0.3) is 0 Å². The summed E-state index contributed by atoms with van der Waals surface area (Å²) in [6.07, 6.45) is -19.0. The minimum atomic E-state index is -1.77. The van der Waals surface area contributed by atoms with Gasteiger partial charge in [-0.05, 0) is 0 Å². The predicted octanol–water partition coefficient (Wildman–Crippen LogP) is -7.14. The Balaban J connectivity index is 1.89. The Morgan fingerprint density at radius 3 is 1.37 bits per heavy atom. The van der Waals surface area contributed by atoms with Gasteiger partial charge < -0.3 is 80.5 Å². The van der Waals surface area contributed by atoms with Crippen LogP contribution in [-0.4, -0.2) is 170 Å². The molecular formula is C24H41N3O16. The molecule has 3 aliphatic rings. The number of amides is 3. The first-order chi connectivity index (χ1) is 20.2. The molecular weight excluding hydrogens is 586 g/mol. The van der Waals surface area contributed by atoms with E-state index < -0.39 is 129 Å². The molecule has 3 fully saturated rings. The normalized spacial score (nSPS) is 43.5. The highest BCUT2D eigenvalue weighted by Gasteiger charge is 2.54. The molecule has 0 radical (unpaired) electrons. The van der Waals surface area contributed by atoms with E-state index in [1.54, 1.807) is 0 Å². The van der Waals surface area contributed by atoms with Gasteiger partial charge in [0.05, 0.1) is 19.8 Å². The summed E-state index contributed by atoms with van der Waals surface area (Å²) in [5, 5.41) is 90.0. The second-order valence-corrected chi connectivity index (χ2v) is 10.5. The highest BCUT2D eigenvalue weighted by Crippen LogP contribution is 2.32. The Labute approximate surface area is 245 Å². The maximum Gasteiger partial charge on any atom is 0.217 e. The number of ether oxygens (including phenoxy) is 5. The smallest absolute Gasteiger partial charge is 0.217 e. The Kier molecular flexibility index (Phi) is 12.5. The van der Waals surface area contributed by atoms with Gasteiger partial charge in [-0.1, -0.05) is 0 Å². The zero-order chi connectivity index (χ0) is 32.2. The average molecular weight is 628 g/mol. The quantitative estimate of drug-likeness (QED) is 0.107. The van der Waals surface area contributed by atoms with Gasteiger partial charge in [0.1, 0.15) is 73.1 Å². The molecule has 0 saturated carbocycles. The molecule has 3 rings (SSSR count).